The van der Waals surface area contributed by atoms with Gasteiger partial charge in [0.1, 0.15) is 6.54 Å². The van der Waals surface area contributed by atoms with Crippen molar-refractivity contribution in [3.63, 3.8) is 0 Å². The van der Waals surface area contributed by atoms with Gasteiger partial charge in [-0.2, -0.15) is 0 Å². The average molecular weight is 490 g/mol. The monoisotopic (exact) mass is 489 g/mol. The Hall–Kier alpha value is -3.92. The van der Waals surface area contributed by atoms with Crippen LogP contribution in [0.25, 0.3) is 10.9 Å². The number of fused-ring (bicyclic) bond motifs is 1. The number of H-pyrrole nitrogens is 1. The molecule has 4 rings (SSSR count). The third-order valence-electron chi connectivity index (χ3n) is 6.29. The predicted octanol–water partition coefficient (Wildman–Crippen LogP) is 3.24. The van der Waals surface area contributed by atoms with E-state index in [0.717, 1.165) is 27.6 Å². The number of nitrogens with one attached hydrogen (secondary N) is 1. The van der Waals surface area contributed by atoms with E-state index in [1.807, 2.05) is 38.1 Å². The lowest BCUT2D eigenvalue weighted by molar-refractivity contribution is -0.144. The number of tetrazole rings is 1. The number of esters is 1. The van der Waals surface area contributed by atoms with Crippen LogP contribution in [0.3, 0.4) is 0 Å². The van der Waals surface area contributed by atoms with E-state index >= 15 is 0 Å². The van der Waals surface area contributed by atoms with Crippen LogP contribution in [0.5, 0.6) is 0 Å². The Morgan fingerprint density at radius 3 is 2.69 bits per heavy atom. The van der Waals surface area contributed by atoms with Crippen molar-refractivity contribution in [2.75, 3.05) is 6.61 Å². The highest BCUT2D eigenvalue weighted by molar-refractivity contribution is 5.80. The van der Waals surface area contributed by atoms with Gasteiger partial charge in [0.25, 0.3) is 5.56 Å². The van der Waals surface area contributed by atoms with Crippen molar-refractivity contribution < 1.29 is 9.53 Å². The van der Waals surface area contributed by atoms with Crippen molar-refractivity contribution in [3.05, 3.63) is 81.2 Å². The van der Waals surface area contributed by atoms with E-state index in [1.165, 1.54) is 4.68 Å². The summed E-state index contributed by atoms with van der Waals surface area (Å²) in [6.07, 6.45) is 4.19. The van der Waals surface area contributed by atoms with Gasteiger partial charge >= 0.3 is 5.97 Å². The van der Waals surface area contributed by atoms with Crippen LogP contribution in [-0.2, 0) is 29.2 Å². The number of carbonyl (C=O) groups is 1. The molecule has 0 aliphatic rings. The molecule has 1 aromatic carbocycles. The molecule has 1 unspecified atom stereocenters. The quantitative estimate of drug-likeness (QED) is 0.337. The summed E-state index contributed by atoms with van der Waals surface area (Å²) >= 11 is 0. The van der Waals surface area contributed by atoms with E-state index in [9.17, 15) is 9.59 Å². The Balaban J connectivity index is 1.72. The summed E-state index contributed by atoms with van der Waals surface area (Å²) in [4.78, 5) is 34.7. The zero-order chi connectivity index (χ0) is 25.7. The molecule has 0 aliphatic carbocycles. The summed E-state index contributed by atoms with van der Waals surface area (Å²) in [6.45, 7) is 8.95. The number of hydrogen-bond acceptors (Lipinski definition) is 8. The highest BCUT2D eigenvalue weighted by Gasteiger charge is 2.27. The molecule has 0 saturated heterocycles. The van der Waals surface area contributed by atoms with E-state index < -0.39 is 5.97 Å². The molecule has 10 heteroatoms. The van der Waals surface area contributed by atoms with Gasteiger partial charge in [-0.25, -0.2) is 4.68 Å². The van der Waals surface area contributed by atoms with E-state index in [1.54, 1.807) is 19.3 Å². The second-order valence-corrected chi connectivity index (χ2v) is 8.84. The van der Waals surface area contributed by atoms with Crippen LogP contribution in [-0.4, -0.2) is 47.7 Å². The number of hydrogen-bond donors (Lipinski definition) is 1. The Labute approximate surface area is 209 Å². The highest BCUT2D eigenvalue weighted by Crippen LogP contribution is 2.27. The molecule has 3 heterocycles. The van der Waals surface area contributed by atoms with Crippen molar-refractivity contribution in [2.45, 2.75) is 59.8 Å². The van der Waals surface area contributed by atoms with Crippen LogP contribution in [0.1, 0.15) is 54.4 Å². The van der Waals surface area contributed by atoms with Crippen molar-refractivity contribution in [1.82, 2.24) is 35.1 Å². The van der Waals surface area contributed by atoms with Crippen LogP contribution in [0.15, 0.2) is 47.5 Å². The van der Waals surface area contributed by atoms with E-state index in [-0.39, 0.29) is 24.8 Å². The lowest BCUT2D eigenvalue weighted by Gasteiger charge is -2.30. The van der Waals surface area contributed by atoms with Gasteiger partial charge in [-0.3, -0.25) is 19.5 Å². The van der Waals surface area contributed by atoms with E-state index in [4.69, 9.17) is 4.74 Å². The first kappa shape index (κ1) is 25.2. The second-order valence-electron chi connectivity index (χ2n) is 8.84. The number of aromatic nitrogens is 6. The summed E-state index contributed by atoms with van der Waals surface area (Å²) in [5.41, 5.74) is 4.60. The first-order chi connectivity index (χ1) is 17.4. The Kier molecular flexibility index (Phi) is 7.84. The Bertz CT molecular complexity index is 1400. The van der Waals surface area contributed by atoms with Crippen LogP contribution in [0.2, 0.25) is 0 Å². The molecule has 0 fully saturated rings. The molecule has 0 amide bonds. The van der Waals surface area contributed by atoms with Gasteiger partial charge in [0.05, 0.1) is 12.6 Å². The Morgan fingerprint density at radius 1 is 1.17 bits per heavy atom. The third-order valence-corrected chi connectivity index (χ3v) is 6.29. The molecule has 1 N–H and O–H groups in total. The minimum Gasteiger partial charge on any atom is -0.465 e. The summed E-state index contributed by atoms with van der Waals surface area (Å²) in [7, 11) is 0. The fourth-order valence-corrected chi connectivity index (χ4v) is 4.36. The zero-order valence-corrected chi connectivity index (χ0v) is 21.1. The first-order valence-electron chi connectivity index (χ1n) is 12.1. The molecule has 4 aromatic rings. The number of pyridine rings is 2. The minimum atomic E-state index is -0.406. The molecule has 0 spiro atoms. The molecule has 0 bridgehead atoms. The van der Waals surface area contributed by atoms with Crippen molar-refractivity contribution in [2.24, 2.45) is 0 Å². The first-order valence-corrected chi connectivity index (χ1v) is 12.1. The number of nitrogens with zero attached hydrogens (tertiary/aromatic N) is 6. The van der Waals surface area contributed by atoms with E-state index in [2.05, 4.69) is 43.4 Å². The fourth-order valence-electron chi connectivity index (χ4n) is 4.36. The van der Waals surface area contributed by atoms with Crippen molar-refractivity contribution in [3.8, 4) is 0 Å². The van der Waals surface area contributed by atoms with Gasteiger partial charge in [0.2, 0.25) is 0 Å². The summed E-state index contributed by atoms with van der Waals surface area (Å²) in [5.74, 6) is 0.134. The topological polar surface area (TPSA) is 119 Å². The molecule has 36 heavy (non-hydrogen) atoms. The average Bonchev–Trinajstić information content (AvgIpc) is 3.29. The number of aryl methyl sites for hydroxylation is 2. The van der Waals surface area contributed by atoms with Crippen molar-refractivity contribution >= 4 is 16.9 Å². The SMILES string of the molecule is CCOC(=O)Cn1nnnc1C(CC)N(Cc1cccnc1)Cc1cc2cc(C)c(C)cc2[nH]c1=O. The maximum atomic E-state index is 13.1. The smallest absolute Gasteiger partial charge is 0.327 e. The van der Waals surface area contributed by atoms with Crippen LogP contribution in [0, 0.1) is 13.8 Å². The van der Waals surface area contributed by atoms with Gasteiger partial charge in [-0.05, 0) is 84.0 Å². The van der Waals surface area contributed by atoms with Gasteiger partial charge < -0.3 is 9.72 Å². The number of carbonyl (C=O) groups excluding carboxylic acids is 1. The summed E-state index contributed by atoms with van der Waals surface area (Å²) in [6, 6.07) is 9.65. The standard InChI is InChI=1S/C26H31N7O3/c1-5-23(25-29-30-31-33(25)16-24(34)36-6-2)32(14-19-8-7-9-27-13-19)15-21-12-20-10-17(3)18(4)11-22(20)28-26(21)35/h7-13,23H,5-6,14-16H2,1-4H3,(H,28,35). The molecular formula is C26H31N7O3. The van der Waals surface area contributed by atoms with Gasteiger partial charge in [-0.15, -0.1) is 5.10 Å². The van der Waals surface area contributed by atoms with Crippen molar-refractivity contribution in [1.29, 1.82) is 0 Å². The fraction of sp³-hybridized carbons (Fsp3) is 0.385. The molecule has 1 atom stereocenters. The molecule has 10 nitrogen and oxygen atoms in total. The largest absolute Gasteiger partial charge is 0.465 e. The van der Waals surface area contributed by atoms with Gasteiger partial charge in [0.15, 0.2) is 5.82 Å². The highest BCUT2D eigenvalue weighted by atomic mass is 16.5. The molecule has 3 aromatic heterocycles. The minimum absolute atomic E-state index is 0.0808. The molecule has 188 valence electrons. The maximum absolute atomic E-state index is 13.1. The summed E-state index contributed by atoms with van der Waals surface area (Å²) < 4.78 is 6.56. The third kappa shape index (κ3) is 5.65. The lowest BCUT2D eigenvalue weighted by atomic mass is 10.0. The zero-order valence-electron chi connectivity index (χ0n) is 21.1. The van der Waals surface area contributed by atoms with Gasteiger partial charge in [0, 0.05) is 36.6 Å². The number of ether oxygens (including phenoxy) is 1. The summed E-state index contributed by atoms with van der Waals surface area (Å²) in [5, 5.41) is 13.1. The number of rotatable bonds is 10. The predicted molar refractivity (Wildman–Crippen MR) is 135 cm³/mol. The maximum Gasteiger partial charge on any atom is 0.327 e. The van der Waals surface area contributed by atoms with Gasteiger partial charge in [-0.1, -0.05) is 13.0 Å². The van der Waals surface area contributed by atoms with Crippen LogP contribution in [0.4, 0.5) is 0 Å². The Morgan fingerprint density at radius 2 is 1.97 bits per heavy atom. The molecule has 0 radical (unpaired) electrons. The number of aromatic amines is 1. The molecule has 0 aliphatic heterocycles. The molecule has 0 saturated carbocycles. The van der Waals surface area contributed by atoms with Crippen LogP contribution >= 0.6 is 0 Å². The second kappa shape index (κ2) is 11.2. The number of benzene rings is 1. The normalized spacial score (nSPS) is 12.2. The van der Waals surface area contributed by atoms with Crippen LogP contribution < -0.4 is 5.56 Å². The molecular weight excluding hydrogens is 458 g/mol. The van der Waals surface area contributed by atoms with E-state index in [0.29, 0.717) is 30.9 Å². The lowest BCUT2D eigenvalue weighted by Crippen LogP contribution is -2.33.